The normalized spacial score (nSPS) is 10.4. The molecule has 0 N–H and O–H groups in total. The average molecular weight is 364 g/mol. The van der Waals surface area contributed by atoms with E-state index in [1.54, 1.807) is 26.3 Å². The minimum absolute atomic E-state index is 0.271. The number of hydrogen-bond acceptors (Lipinski definition) is 5. The molecule has 1 amide bonds. The Bertz CT molecular complexity index is 957. The summed E-state index contributed by atoms with van der Waals surface area (Å²) in [4.78, 5) is 29.5. The van der Waals surface area contributed by atoms with Gasteiger partial charge in [0, 0.05) is 26.0 Å². The van der Waals surface area contributed by atoms with E-state index >= 15 is 0 Å². The van der Waals surface area contributed by atoms with Crippen molar-refractivity contribution in [1.82, 2.24) is 9.88 Å². The molecule has 0 bridgehead atoms. The second-order valence-corrected chi connectivity index (χ2v) is 6.11. The molecular formula is C21H20N2O4. The number of hydrogen-bond donors (Lipinski definition) is 0. The van der Waals surface area contributed by atoms with Crippen LogP contribution in [0.25, 0.3) is 10.8 Å². The Kier molecular flexibility index (Phi) is 5.66. The Morgan fingerprint density at radius 2 is 1.70 bits per heavy atom. The van der Waals surface area contributed by atoms with Crippen LogP contribution in [0.4, 0.5) is 0 Å². The summed E-state index contributed by atoms with van der Waals surface area (Å²) >= 11 is 0. The lowest BCUT2D eigenvalue weighted by atomic mass is 10.1. The number of aromatic nitrogens is 1. The lowest BCUT2D eigenvalue weighted by Crippen LogP contribution is -2.30. The van der Waals surface area contributed by atoms with Crippen LogP contribution in [-0.2, 0) is 16.1 Å². The first kappa shape index (κ1) is 18.4. The number of likely N-dealkylation sites (N-methyl/N-ethyl adjacent to an activating group) is 1. The molecule has 2 aromatic carbocycles. The highest BCUT2D eigenvalue weighted by atomic mass is 16.5. The highest BCUT2D eigenvalue weighted by molar-refractivity contribution is 5.91. The third-order valence-corrected chi connectivity index (χ3v) is 4.20. The van der Waals surface area contributed by atoms with Crippen molar-refractivity contribution in [3.05, 3.63) is 72.1 Å². The van der Waals surface area contributed by atoms with Crippen molar-refractivity contribution >= 4 is 22.6 Å². The predicted molar refractivity (Wildman–Crippen MR) is 101 cm³/mol. The van der Waals surface area contributed by atoms with Gasteiger partial charge in [-0.2, -0.15) is 0 Å². The minimum atomic E-state index is -0.543. The van der Waals surface area contributed by atoms with Gasteiger partial charge in [-0.15, -0.1) is 0 Å². The molecule has 1 aromatic heterocycles. The van der Waals surface area contributed by atoms with Gasteiger partial charge < -0.3 is 14.4 Å². The van der Waals surface area contributed by atoms with Gasteiger partial charge >= 0.3 is 5.97 Å². The number of benzene rings is 2. The number of ether oxygens (including phenoxy) is 2. The molecule has 27 heavy (non-hydrogen) atoms. The molecule has 138 valence electrons. The summed E-state index contributed by atoms with van der Waals surface area (Å²) in [5.41, 5.74) is 1.36. The monoisotopic (exact) mass is 364 g/mol. The van der Waals surface area contributed by atoms with Crippen LogP contribution in [-0.4, -0.2) is 42.5 Å². The standard InChI is InChI=1S/C21H20N2O4/c1-23(20(24)14-27-21(25)16-7-9-22-10-8-16)13-15-3-4-18-12-19(26-2)6-5-17(18)11-15/h3-12H,13-14H2,1-2H3. The fraction of sp³-hybridized carbons (Fsp3) is 0.190. The van der Waals surface area contributed by atoms with Crippen molar-refractivity contribution in [3.8, 4) is 5.75 Å². The Balaban J connectivity index is 1.59. The second kappa shape index (κ2) is 8.31. The molecule has 0 aliphatic rings. The number of rotatable bonds is 6. The Labute approximate surface area is 157 Å². The molecule has 0 saturated carbocycles. The van der Waals surface area contributed by atoms with Gasteiger partial charge in [-0.3, -0.25) is 9.78 Å². The summed E-state index contributed by atoms with van der Waals surface area (Å²) in [6, 6.07) is 14.9. The smallest absolute Gasteiger partial charge is 0.338 e. The van der Waals surface area contributed by atoms with Gasteiger partial charge in [-0.1, -0.05) is 18.2 Å². The van der Waals surface area contributed by atoms with Crippen LogP contribution in [0.15, 0.2) is 60.9 Å². The third-order valence-electron chi connectivity index (χ3n) is 4.20. The highest BCUT2D eigenvalue weighted by Crippen LogP contribution is 2.22. The Hall–Kier alpha value is -3.41. The van der Waals surface area contributed by atoms with E-state index in [1.165, 1.54) is 17.3 Å². The van der Waals surface area contributed by atoms with Crippen molar-refractivity contribution in [1.29, 1.82) is 0 Å². The molecule has 0 aliphatic carbocycles. The van der Waals surface area contributed by atoms with E-state index in [0.29, 0.717) is 12.1 Å². The summed E-state index contributed by atoms with van der Waals surface area (Å²) in [5.74, 6) is -0.00963. The maximum Gasteiger partial charge on any atom is 0.338 e. The fourth-order valence-electron chi connectivity index (χ4n) is 2.67. The molecule has 0 fully saturated rings. The van der Waals surface area contributed by atoms with E-state index in [2.05, 4.69) is 4.98 Å². The lowest BCUT2D eigenvalue weighted by molar-refractivity contribution is -0.133. The van der Waals surface area contributed by atoms with Gasteiger partial charge in [-0.25, -0.2) is 4.79 Å². The van der Waals surface area contributed by atoms with E-state index in [-0.39, 0.29) is 12.5 Å². The van der Waals surface area contributed by atoms with E-state index in [0.717, 1.165) is 22.1 Å². The molecular weight excluding hydrogens is 344 g/mol. The zero-order valence-corrected chi connectivity index (χ0v) is 15.2. The third kappa shape index (κ3) is 4.61. The fourth-order valence-corrected chi connectivity index (χ4v) is 2.67. The Morgan fingerprint density at radius 3 is 2.44 bits per heavy atom. The first-order chi connectivity index (χ1) is 13.1. The molecule has 6 heteroatoms. The molecule has 3 rings (SSSR count). The zero-order valence-electron chi connectivity index (χ0n) is 15.2. The summed E-state index contributed by atoms with van der Waals surface area (Å²) in [6.45, 7) is 0.121. The van der Waals surface area contributed by atoms with Crippen LogP contribution in [0.2, 0.25) is 0 Å². The van der Waals surface area contributed by atoms with Crippen molar-refractivity contribution in [3.63, 3.8) is 0 Å². The van der Waals surface area contributed by atoms with Crippen LogP contribution in [0.3, 0.4) is 0 Å². The van der Waals surface area contributed by atoms with Crippen LogP contribution >= 0.6 is 0 Å². The maximum atomic E-state index is 12.3. The summed E-state index contributed by atoms with van der Waals surface area (Å²) in [5, 5.41) is 2.14. The van der Waals surface area contributed by atoms with Gasteiger partial charge in [0.2, 0.25) is 0 Å². The van der Waals surface area contributed by atoms with Crippen molar-refractivity contribution < 1.29 is 19.1 Å². The summed E-state index contributed by atoms with van der Waals surface area (Å²) in [6.07, 6.45) is 3.00. The number of methoxy groups -OCH3 is 1. The van der Waals surface area contributed by atoms with Crippen molar-refractivity contribution in [2.45, 2.75) is 6.54 Å². The SMILES string of the molecule is COc1ccc2cc(CN(C)C(=O)COC(=O)c3ccncc3)ccc2c1. The number of pyridine rings is 1. The van der Waals surface area contributed by atoms with Crippen molar-refractivity contribution in [2.75, 3.05) is 20.8 Å². The number of nitrogens with zero attached hydrogens (tertiary/aromatic N) is 2. The summed E-state index contributed by atoms with van der Waals surface area (Å²) in [7, 11) is 3.32. The quantitative estimate of drug-likeness (QED) is 0.629. The van der Waals surface area contributed by atoms with Gasteiger partial charge in [0.05, 0.1) is 12.7 Å². The van der Waals surface area contributed by atoms with Crippen molar-refractivity contribution in [2.24, 2.45) is 0 Å². The molecule has 0 atom stereocenters. The first-order valence-electron chi connectivity index (χ1n) is 8.44. The van der Waals surface area contributed by atoms with Gasteiger partial charge in [-0.05, 0) is 46.7 Å². The molecule has 1 heterocycles. The predicted octanol–water partition coefficient (Wildman–Crippen LogP) is 3.06. The maximum absolute atomic E-state index is 12.3. The first-order valence-corrected chi connectivity index (χ1v) is 8.44. The zero-order chi connectivity index (χ0) is 19.2. The number of carbonyl (C=O) groups is 2. The molecule has 0 saturated heterocycles. The molecule has 0 unspecified atom stereocenters. The van der Waals surface area contributed by atoms with E-state index in [9.17, 15) is 9.59 Å². The number of esters is 1. The molecule has 6 nitrogen and oxygen atoms in total. The second-order valence-electron chi connectivity index (χ2n) is 6.11. The van der Waals surface area contributed by atoms with Crippen LogP contribution in [0, 0.1) is 0 Å². The topological polar surface area (TPSA) is 68.7 Å². The van der Waals surface area contributed by atoms with Crippen LogP contribution < -0.4 is 4.74 Å². The molecule has 0 radical (unpaired) electrons. The van der Waals surface area contributed by atoms with E-state index in [4.69, 9.17) is 9.47 Å². The highest BCUT2D eigenvalue weighted by Gasteiger charge is 2.14. The lowest BCUT2D eigenvalue weighted by Gasteiger charge is -2.17. The molecule has 0 spiro atoms. The van der Waals surface area contributed by atoms with E-state index in [1.807, 2.05) is 36.4 Å². The van der Waals surface area contributed by atoms with Crippen LogP contribution in [0.5, 0.6) is 5.75 Å². The van der Waals surface area contributed by atoms with Gasteiger partial charge in [0.25, 0.3) is 5.91 Å². The average Bonchev–Trinajstić information content (AvgIpc) is 2.71. The van der Waals surface area contributed by atoms with Gasteiger partial charge in [0.15, 0.2) is 6.61 Å². The minimum Gasteiger partial charge on any atom is -0.497 e. The van der Waals surface area contributed by atoms with E-state index < -0.39 is 5.97 Å². The number of fused-ring (bicyclic) bond motifs is 1. The molecule has 3 aromatic rings. The number of amides is 1. The summed E-state index contributed by atoms with van der Waals surface area (Å²) < 4.78 is 10.3. The largest absolute Gasteiger partial charge is 0.497 e. The van der Waals surface area contributed by atoms with Gasteiger partial charge in [0.1, 0.15) is 5.75 Å². The number of carbonyl (C=O) groups excluding carboxylic acids is 2. The van der Waals surface area contributed by atoms with Crippen LogP contribution in [0.1, 0.15) is 15.9 Å². The molecule has 0 aliphatic heterocycles. The Morgan fingerprint density at radius 1 is 1.00 bits per heavy atom.